The molecule has 4 heterocycles. The monoisotopic (exact) mass is 470 g/mol. The Kier molecular flexibility index (Phi) is 5.97. The lowest BCUT2D eigenvalue weighted by molar-refractivity contribution is -0.0649. The van der Waals surface area contributed by atoms with E-state index in [2.05, 4.69) is 40.1 Å². The lowest BCUT2D eigenvalue weighted by Gasteiger charge is -2.25. The summed E-state index contributed by atoms with van der Waals surface area (Å²) in [4.78, 5) is 13.5. The summed E-state index contributed by atoms with van der Waals surface area (Å²) in [6, 6.07) is 0. The van der Waals surface area contributed by atoms with Gasteiger partial charge in [-0.25, -0.2) is 15.0 Å². The number of allylic oxidation sites excluding steroid dienone is 5. The van der Waals surface area contributed by atoms with Gasteiger partial charge in [0.15, 0.2) is 17.7 Å². The largest absolute Gasteiger partial charge is 0.393 e. The van der Waals surface area contributed by atoms with Gasteiger partial charge in [0.1, 0.15) is 30.2 Å². The van der Waals surface area contributed by atoms with Gasteiger partial charge in [0.25, 0.3) is 0 Å². The fourth-order valence-electron chi connectivity index (χ4n) is 4.36. The van der Waals surface area contributed by atoms with E-state index in [-0.39, 0.29) is 12.4 Å². The van der Waals surface area contributed by atoms with Gasteiger partial charge in [0, 0.05) is 4.91 Å². The number of rotatable bonds is 6. The highest BCUT2D eigenvalue weighted by atomic mass is 32.2. The van der Waals surface area contributed by atoms with Crippen LogP contribution in [-0.2, 0) is 9.47 Å². The number of aliphatic hydroxyl groups is 2. The van der Waals surface area contributed by atoms with Crippen LogP contribution in [0.1, 0.15) is 26.0 Å². The number of fused-ring (bicyclic) bond motifs is 2. The lowest BCUT2D eigenvalue weighted by Crippen LogP contribution is -2.34. The van der Waals surface area contributed by atoms with Crippen molar-refractivity contribution in [1.82, 2.24) is 19.5 Å². The van der Waals surface area contributed by atoms with Crippen LogP contribution in [0.4, 0.5) is 5.82 Å². The van der Waals surface area contributed by atoms with Crippen LogP contribution in [0.3, 0.4) is 0 Å². The summed E-state index contributed by atoms with van der Waals surface area (Å²) in [5.41, 5.74) is 16.6. The van der Waals surface area contributed by atoms with E-state index in [0.717, 1.165) is 17.0 Å². The summed E-state index contributed by atoms with van der Waals surface area (Å²) in [6.07, 6.45) is 6.79. The van der Waals surface area contributed by atoms with Crippen LogP contribution in [-0.4, -0.2) is 61.3 Å². The molecule has 10 nitrogen and oxygen atoms in total. The van der Waals surface area contributed by atoms with Crippen molar-refractivity contribution in [3.8, 4) is 0 Å². The molecule has 4 atom stereocenters. The van der Waals surface area contributed by atoms with Crippen LogP contribution in [0.2, 0.25) is 0 Å². The van der Waals surface area contributed by atoms with Crippen molar-refractivity contribution < 1.29 is 19.7 Å². The summed E-state index contributed by atoms with van der Waals surface area (Å²) >= 11 is 1.59. The van der Waals surface area contributed by atoms with Crippen LogP contribution >= 0.6 is 11.8 Å². The van der Waals surface area contributed by atoms with Gasteiger partial charge in [-0.05, 0) is 42.6 Å². The standard InChI is InChI=1S/C22H26N6O4S/c1-11-12-4-2-3-5-15(12)33-20(24)13(11)6-7-31-8-14-17(29)18(30)22(32-14)28-10-27-16-19(23)25-9-26-21(16)28/h2-3,5,9-10,14,17-18,22,29-30H,4,6-8,24H2,1H3,(H2,23,25,26)/t14-,17-,18-,22-/m1/s1. The summed E-state index contributed by atoms with van der Waals surface area (Å²) in [5, 5.41) is 21.9. The molecule has 0 saturated carbocycles. The summed E-state index contributed by atoms with van der Waals surface area (Å²) in [6.45, 7) is 2.64. The van der Waals surface area contributed by atoms with E-state index in [1.807, 2.05) is 0 Å². The van der Waals surface area contributed by atoms with E-state index in [1.54, 1.807) is 16.3 Å². The molecule has 3 aliphatic rings. The number of nitrogens with zero attached hydrogens (tertiary/aromatic N) is 4. The highest BCUT2D eigenvalue weighted by molar-refractivity contribution is 8.07. The molecule has 0 spiro atoms. The molecule has 5 rings (SSSR count). The fraction of sp³-hybridized carbons (Fsp3) is 0.409. The van der Waals surface area contributed by atoms with E-state index < -0.39 is 24.5 Å². The second-order valence-electron chi connectivity index (χ2n) is 8.17. The number of ether oxygens (including phenoxy) is 2. The third-order valence-corrected chi connectivity index (χ3v) is 7.27. The average Bonchev–Trinajstić information content (AvgIpc) is 3.35. The molecule has 2 aromatic rings. The van der Waals surface area contributed by atoms with Gasteiger partial charge >= 0.3 is 0 Å². The second kappa shape index (κ2) is 8.92. The van der Waals surface area contributed by atoms with Crippen molar-refractivity contribution in [2.75, 3.05) is 18.9 Å². The summed E-state index contributed by atoms with van der Waals surface area (Å²) in [7, 11) is 0. The first-order valence-electron chi connectivity index (χ1n) is 10.7. The Bertz CT molecular complexity index is 1200. The maximum atomic E-state index is 10.6. The van der Waals surface area contributed by atoms with E-state index in [0.29, 0.717) is 24.2 Å². The Balaban J connectivity index is 1.20. The molecule has 33 heavy (non-hydrogen) atoms. The quantitative estimate of drug-likeness (QED) is 0.457. The maximum Gasteiger partial charge on any atom is 0.167 e. The number of aliphatic hydroxyl groups excluding tert-OH is 2. The number of hydrogen-bond donors (Lipinski definition) is 4. The molecule has 6 N–H and O–H groups in total. The lowest BCUT2D eigenvalue weighted by atomic mass is 9.95. The number of anilines is 1. The zero-order chi connectivity index (χ0) is 23.1. The molecular weight excluding hydrogens is 444 g/mol. The van der Waals surface area contributed by atoms with E-state index in [1.165, 1.54) is 28.7 Å². The minimum Gasteiger partial charge on any atom is -0.393 e. The van der Waals surface area contributed by atoms with Gasteiger partial charge in [0.05, 0.1) is 24.6 Å². The molecule has 11 heteroatoms. The number of nitrogen functional groups attached to an aromatic ring is 1. The smallest absolute Gasteiger partial charge is 0.167 e. The Morgan fingerprint density at radius 3 is 2.94 bits per heavy atom. The summed E-state index contributed by atoms with van der Waals surface area (Å²) in [5.74, 6) is 0.234. The minimum absolute atomic E-state index is 0.127. The number of thioether (sulfide) groups is 1. The Labute approximate surface area is 194 Å². The Morgan fingerprint density at radius 1 is 1.24 bits per heavy atom. The van der Waals surface area contributed by atoms with Crippen LogP contribution in [0.15, 0.2) is 57.5 Å². The highest BCUT2D eigenvalue weighted by Gasteiger charge is 2.44. The Morgan fingerprint density at radius 2 is 2.09 bits per heavy atom. The van der Waals surface area contributed by atoms with Gasteiger partial charge in [-0.3, -0.25) is 4.57 Å². The van der Waals surface area contributed by atoms with Crippen LogP contribution in [0.5, 0.6) is 0 Å². The third kappa shape index (κ3) is 3.96. The van der Waals surface area contributed by atoms with E-state index >= 15 is 0 Å². The van der Waals surface area contributed by atoms with Crippen LogP contribution in [0, 0.1) is 0 Å². The maximum absolute atomic E-state index is 10.6. The van der Waals surface area contributed by atoms with E-state index in [9.17, 15) is 10.2 Å². The molecule has 1 saturated heterocycles. The van der Waals surface area contributed by atoms with Crippen molar-refractivity contribution in [3.63, 3.8) is 0 Å². The first kappa shape index (κ1) is 22.1. The predicted octanol–water partition coefficient (Wildman–Crippen LogP) is 1.51. The average molecular weight is 471 g/mol. The van der Waals surface area contributed by atoms with E-state index in [4.69, 9.17) is 20.9 Å². The van der Waals surface area contributed by atoms with Gasteiger partial charge in [-0.15, -0.1) is 0 Å². The number of imidazole rings is 1. The molecule has 1 fully saturated rings. The predicted molar refractivity (Wildman–Crippen MR) is 124 cm³/mol. The molecule has 0 aromatic carbocycles. The molecule has 0 radical (unpaired) electrons. The minimum atomic E-state index is -1.17. The van der Waals surface area contributed by atoms with Crippen molar-refractivity contribution >= 4 is 28.7 Å². The molecular formula is C22H26N6O4S. The number of hydrogen-bond acceptors (Lipinski definition) is 10. The Hall–Kier alpha value is -2.70. The van der Waals surface area contributed by atoms with Gasteiger partial charge in [-0.2, -0.15) is 0 Å². The molecule has 0 amide bonds. The number of aromatic nitrogens is 4. The molecule has 2 aromatic heterocycles. The second-order valence-corrected chi connectivity index (χ2v) is 9.25. The molecule has 0 unspecified atom stereocenters. The van der Waals surface area contributed by atoms with Crippen molar-refractivity contribution in [1.29, 1.82) is 0 Å². The number of nitrogens with two attached hydrogens (primary N) is 2. The van der Waals surface area contributed by atoms with Gasteiger partial charge in [0.2, 0.25) is 0 Å². The molecule has 2 aliphatic heterocycles. The van der Waals surface area contributed by atoms with Crippen molar-refractivity contribution in [3.05, 3.63) is 57.5 Å². The summed E-state index contributed by atoms with van der Waals surface area (Å²) < 4.78 is 13.3. The topological polar surface area (TPSA) is 155 Å². The molecule has 0 bridgehead atoms. The SMILES string of the molecule is CC1=C2CC=CC=C2SC(N)=C1CCOC[C@H]1O[C@@H](n2cnc3c(N)ncnc32)[C@H](O)[C@@H]1O. The third-order valence-electron chi connectivity index (χ3n) is 6.20. The fourth-order valence-corrected chi connectivity index (χ4v) is 5.48. The van der Waals surface area contributed by atoms with Crippen LogP contribution in [0.25, 0.3) is 11.2 Å². The van der Waals surface area contributed by atoms with Crippen LogP contribution < -0.4 is 11.5 Å². The first-order chi connectivity index (χ1) is 16.0. The van der Waals surface area contributed by atoms with Crippen molar-refractivity contribution in [2.24, 2.45) is 5.73 Å². The van der Waals surface area contributed by atoms with Crippen molar-refractivity contribution in [2.45, 2.75) is 44.3 Å². The normalized spacial score (nSPS) is 27.4. The highest BCUT2D eigenvalue weighted by Crippen LogP contribution is 2.43. The zero-order valence-electron chi connectivity index (χ0n) is 18.1. The first-order valence-corrected chi connectivity index (χ1v) is 11.5. The molecule has 1 aliphatic carbocycles. The zero-order valence-corrected chi connectivity index (χ0v) is 18.9. The van der Waals surface area contributed by atoms with Gasteiger partial charge < -0.3 is 31.2 Å². The molecule has 174 valence electrons. The van der Waals surface area contributed by atoms with Gasteiger partial charge in [-0.1, -0.05) is 23.9 Å².